The van der Waals surface area contributed by atoms with Crippen LogP contribution in [-0.4, -0.2) is 11.0 Å². The van der Waals surface area contributed by atoms with Crippen molar-refractivity contribution in [2.45, 2.75) is 51.6 Å². The first-order valence-corrected chi connectivity index (χ1v) is 6.08. The molecule has 0 bridgehead atoms. The minimum Gasteiger partial charge on any atom is -0.309 e. The minimum atomic E-state index is -0.166. The summed E-state index contributed by atoms with van der Waals surface area (Å²) in [7, 11) is 0. The number of aromatic nitrogens is 1. The average molecular weight is 222 g/mol. The number of rotatable bonds is 5. The molecule has 1 heterocycles. The van der Waals surface area contributed by atoms with Crippen molar-refractivity contribution in [3.8, 4) is 0 Å². The predicted molar refractivity (Wildman–Crippen MR) is 62.8 cm³/mol. The van der Waals surface area contributed by atoms with E-state index in [1.165, 1.54) is 12.8 Å². The number of halogens is 1. The number of nitrogens with zero attached hydrogens (tertiary/aromatic N) is 1. The Labute approximate surface area is 96.3 Å². The third kappa shape index (κ3) is 2.79. The van der Waals surface area contributed by atoms with Crippen LogP contribution in [0.2, 0.25) is 0 Å². The summed E-state index contributed by atoms with van der Waals surface area (Å²) in [6, 6.07) is 2.06. The van der Waals surface area contributed by atoms with Crippen LogP contribution < -0.4 is 5.32 Å². The molecule has 1 atom stereocenters. The monoisotopic (exact) mass is 222 g/mol. The van der Waals surface area contributed by atoms with E-state index in [2.05, 4.69) is 24.1 Å². The smallest absolute Gasteiger partial charge is 0.146 e. The van der Waals surface area contributed by atoms with E-state index in [1.54, 1.807) is 6.07 Å². The SMILES string of the molecule is CCC(C)NCc1ncc(C2CC2)cc1F. The molecule has 3 heteroatoms. The molecule has 88 valence electrons. The summed E-state index contributed by atoms with van der Waals surface area (Å²) >= 11 is 0. The molecule has 1 aromatic rings. The lowest BCUT2D eigenvalue weighted by molar-refractivity contribution is 0.507. The van der Waals surface area contributed by atoms with Gasteiger partial charge in [0.2, 0.25) is 0 Å². The Kier molecular flexibility index (Phi) is 3.54. The maximum absolute atomic E-state index is 13.7. The van der Waals surface area contributed by atoms with E-state index in [0.29, 0.717) is 24.2 Å². The molecule has 0 aliphatic heterocycles. The van der Waals surface area contributed by atoms with Gasteiger partial charge in [-0.15, -0.1) is 0 Å². The molecule has 0 amide bonds. The van der Waals surface area contributed by atoms with Crippen molar-refractivity contribution in [3.63, 3.8) is 0 Å². The van der Waals surface area contributed by atoms with Crippen molar-refractivity contribution in [1.82, 2.24) is 10.3 Å². The highest BCUT2D eigenvalue weighted by molar-refractivity contribution is 5.23. The molecule has 1 N–H and O–H groups in total. The molecular formula is C13H19FN2. The van der Waals surface area contributed by atoms with Crippen molar-refractivity contribution in [2.24, 2.45) is 0 Å². The Hall–Kier alpha value is -0.960. The molecule has 16 heavy (non-hydrogen) atoms. The molecule has 2 nitrogen and oxygen atoms in total. The number of pyridine rings is 1. The first kappa shape index (κ1) is 11.5. The fraction of sp³-hybridized carbons (Fsp3) is 0.615. The van der Waals surface area contributed by atoms with Crippen LogP contribution in [0, 0.1) is 5.82 Å². The Morgan fingerprint density at radius 1 is 1.56 bits per heavy atom. The molecule has 0 radical (unpaired) electrons. The fourth-order valence-electron chi connectivity index (χ4n) is 1.67. The van der Waals surface area contributed by atoms with Gasteiger partial charge < -0.3 is 5.32 Å². The van der Waals surface area contributed by atoms with Gasteiger partial charge in [-0.3, -0.25) is 4.98 Å². The standard InChI is InChI=1S/C13H19FN2/c1-3-9(2)15-8-13-12(14)6-11(7-16-13)10-4-5-10/h6-7,9-10,15H,3-5,8H2,1-2H3. The summed E-state index contributed by atoms with van der Waals surface area (Å²) in [6.07, 6.45) is 5.24. The Morgan fingerprint density at radius 3 is 2.88 bits per heavy atom. The van der Waals surface area contributed by atoms with Gasteiger partial charge in [-0.25, -0.2) is 4.39 Å². The van der Waals surface area contributed by atoms with Crippen molar-refractivity contribution in [3.05, 3.63) is 29.3 Å². The number of nitrogens with one attached hydrogen (secondary N) is 1. The maximum atomic E-state index is 13.7. The van der Waals surface area contributed by atoms with Gasteiger partial charge in [-0.1, -0.05) is 6.92 Å². The van der Waals surface area contributed by atoms with Crippen LogP contribution in [-0.2, 0) is 6.54 Å². The molecule has 1 aliphatic rings. The highest BCUT2D eigenvalue weighted by Crippen LogP contribution is 2.39. The zero-order valence-corrected chi connectivity index (χ0v) is 9.96. The second kappa shape index (κ2) is 4.91. The van der Waals surface area contributed by atoms with Crippen LogP contribution in [0.25, 0.3) is 0 Å². The molecule has 1 saturated carbocycles. The maximum Gasteiger partial charge on any atom is 0.146 e. The van der Waals surface area contributed by atoms with Crippen LogP contribution in [0.5, 0.6) is 0 Å². The molecular weight excluding hydrogens is 203 g/mol. The van der Waals surface area contributed by atoms with Gasteiger partial charge in [0.05, 0.1) is 5.69 Å². The number of hydrogen-bond acceptors (Lipinski definition) is 2. The Bertz CT molecular complexity index is 361. The van der Waals surface area contributed by atoms with Crippen LogP contribution in [0.1, 0.15) is 50.3 Å². The zero-order valence-electron chi connectivity index (χ0n) is 9.96. The molecule has 2 rings (SSSR count). The zero-order chi connectivity index (χ0) is 11.5. The van der Waals surface area contributed by atoms with E-state index in [4.69, 9.17) is 0 Å². The highest BCUT2D eigenvalue weighted by Gasteiger charge is 2.24. The van der Waals surface area contributed by atoms with E-state index in [0.717, 1.165) is 12.0 Å². The minimum absolute atomic E-state index is 0.166. The lowest BCUT2D eigenvalue weighted by atomic mass is 10.1. The van der Waals surface area contributed by atoms with E-state index in [-0.39, 0.29) is 5.82 Å². The second-order valence-electron chi connectivity index (χ2n) is 4.66. The number of hydrogen-bond donors (Lipinski definition) is 1. The summed E-state index contributed by atoms with van der Waals surface area (Å²) in [5.74, 6) is 0.402. The van der Waals surface area contributed by atoms with Gasteiger partial charge in [-0.05, 0) is 43.7 Å². The first-order chi connectivity index (χ1) is 7.70. The van der Waals surface area contributed by atoms with Gasteiger partial charge >= 0.3 is 0 Å². The van der Waals surface area contributed by atoms with Gasteiger partial charge in [0, 0.05) is 18.8 Å². The van der Waals surface area contributed by atoms with E-state index in [9.17, 15) is 4.39 Å². The average Bonchev–Trinajstić information content (AvgIpc) is 3.10. The van der Waals surface area contributed by atoms with E-state index >= 15 is 0 Å². The second-order valence-corrected chi connectivity index (χ2v) is 4.66. The first-order valence-electron chi connectivity index (χ1n) is 6.08. The van der Waals surface area contributed by atoms with Crippen LogP contribution in [0.4, 0.5) is 4.39 Å². The largest absolute Gasteiger partial charge is 0.309 e. The quantitative estimate of drug-likeness (QED) is 0.828. The molecule has 0 spiro atoms. The summed E-state index contributed by atoms with van der Waals surface area (Å²) in [6.45, 7) is 4.72. The van der Waals surface area contributed by atoms with Gasteiger partial charge in [-0.2, -0.15) is 0 Å². The molecule has 1 aromatic heterocycles. The Morgan fingerprint density at radius 2 is 2.31 bits per heavy atom. The lowest BCUT2D eigenvalue weighted by Crippen LogP contribution is -2.25. The predicted octanol–water partition coefficient (Wildman–Crippen LogP) is 2.99. The Balaban J connectivity index is 1.98. The summed E-state index contributed by atoms with van der Waals surface area (Å²) in [5.41, 5.74) is 1.59. The lowest BCUT2D eigenvalue weighted by Gasteiger charge is -2.11. The molecule has 0 aromatic carbocycles. The molecule has 1 fully saturated rings. The topological polar surface area (TPSA) is 24.9 Å². The molecule has 0 saturated heterocycles. The van der Waals surface area contributed by atoms with Gasteiger partial charge in [0.25, 0.3) is 0 Å². The highest BCUT2D eigenvalue weighted by atomic mass is 19.1. The van der Waals surface area contributed by atoms with Crippen LogP contribution in [0.15, 0.2) is 12.3 Å². The van der Waals surface area contributed by atoms with Crippen molar-refractivity contribution in [1.29, 1.82) is 0 Å². The summed E-state index contributed by atoms with van der Waals surface area (Å²) in [4.78, 5) is 4.21. The summed E-state index contributed by atoms with van der Waals surface area (Å²) in [5, 5.41) is 3.25. The van der Waals surface area contributed by atoms with Gasteiger partial charge in [0.15, 0.2) is 0 Å². The van der Waals surface area contributed by atoms with Crippen molar-refractivity contribution in [2.75, 3.05) is 0 Å². The third-order valence-electron chi connectivity index (χ3n) is 3.22. The van der Waals surface area contributed by atoms with Crippen LogP contribution >= 0.6 is 0 Å². The van der Waals surface area contributed by atoms with Crippen molar-refractivity contribution < 1.29 is 4.39 Å². The molecule has 1 unspecified atom stereocenters. The normalized spacial score (nSPS) is 17.4. The van der Waals surface area contributed by atoms with Crippen molar-refractivity contribution >= 4 is 0 Å². The summed E-state index contributed by atoms with van der Waals surface area (Å²) < 4.78 is 13.7. The van der Waals surface area contributed by atoms with E-state index in [1.807, 2.05) is 6.20 Å². The molecule has 1 aliphatic carbocycles. The van der Waals surface area contributed by atoms with Gasteiger partial charge in [0.1, 0.15) is 5.82 Å². The fourth-order valence-corrected chi connectivity index (χ4v) is 1.67. The third-order valence-corrected chi connectivity index (χ3v) is 3.22. The van der Waals surface area contributed by atoms with Crippen LogP contribution in [0.3, 0.4) is 0 Å². The van der Waals surface area contributed by atoms with E-state index < -0.39 is 0 Å².